The average molecular weight is 385 g/mol. The molecule has 4 aromatic rings. The van der Waals surface area contributed by atoms with E-state index in [-0.39, 0.29) is 0 Å². The number of allylic oxidation sites excluding steroid dienone is 4. The van der Waals surface area contributed by atoms with E-state index in [9.17, 15) is 0 Å². The summed E-state index contributed by atoms with van der Waals surface area (Å²) in [6.07, 6.45) is 8.89. The van der Waals surface area contributed by atoms with Gasteiger partial charge in [-0.25, -0.2) is 0 Å². The lowest BCUT2D eigenvalue weighted by Gasteiger charge is -2.07. The lowest BCUT2D eigenvalue weighted by molar-refractivity contribution is 1.60. The molecule has 0 aliphatic heterocycles. The molecule has 4 aromatic carbocycles. The van der Waals surface area contributed by atoms with Gasteiger partial charge in [-0.15, -0.1) is 0 Å². The molecule has 0 aliphatic rings. The Labute approximate surface area is 179 Å². The molecule has 0 bridgehead atoms. The number of hydrogen-bond donors (Lipinski definition) is 0. The molecule has 0 amide bonds. The van der Waals surface area contributed by atoms with Crippen molar-refractivity contribution in [1.29, 1.82) is 0 Å². The van der Waals surface area contributed by atoms with Gasteiger partial charge in [0.2, 0.25) is 0 Å². The third kappa shape index (κ3) is 5.33. The van der Waals surface area contributed by atoms with Crippen molar-refractivity contribution in [1.82, 2.24) is 0 Å². The second kappa shape index (κ2) is 10.0. The molecule has 0 nitrogen and oxygen atoms in total. The summed E-state index contributed by atoms with van der Waals surface area (Å²) in [5, 5.41) is 0. The molecule has 0 aliphatic carbocycles. The summed E-state index contributed by atoms with van der Waals surface area (Å²) < 4.78 is 0. The fraction of sp³-hybridized carbons (Fsp3) is 0. The molecular weight excluding hydrogens is 360 g/mol. The Balaban J connectivity index is 1.76. The highest BCUT2D eigenvalue weighted by molar-refractivity contribution is 5.93. The second-order valence-electron chi connectivity index (χ2n) is 7.09. The minimum Gasteiger partial charge on any atom is -0.0622 e. The summed E-state index contributed by atoms with van der Waals surface area (Å²) in [6, 6.07) is 42.0. The average Bonchev–Trinajstić information content (AvgIpc) is 2.83. The van der Waals surface area contributed by atoms with Gasteiger partial charge in [0.1, 0.15) is 0 Å². The van der Waals surface area contributed by atoms with Crippen molar-refractivity contribution in [3.63, 3.8) is 0 Å². The van der Waals surface area contributed by atoms with Crippen LogP contribution in [0, 0.1) is 0 Å². The molecule has 0 aromatic heterocycles. The Kier molecular flexibility index (Phi) is 6.50. The largest absolute Gasteiger partial charge is 0.0622 e. The number of rotatable bonds is 6. The van der Waals surface area contributed by atoms with Gasteiger partial charge in [0.15, 0.2) is 0 Å². The molecular formula is C30H24. The van der Waals surface area contributed by atoms with Crippen LogP contribution in [0.5, 0.6) is 0 Å². The molecule has 0 saturated carbocycles. The fourth-order valence-corrected chi connectivity index (χ4v) is 3.35. The van der Waals surface area contributed by atoms with Crippen molar-refractivity contribution in [2.24, 2.45) is 0 Å². The maximum atomic E-state index is 2.23. The summed E-state index contributed by atoms with van der Waals surface area (Å²) in [6.45, 7) is 0. The van der Waals surface area contributed by atoms with Gasteiger partial charge in [-0.05, 0) is 45.6 Å². The Morgan fingerprint density at radius 2 is 0.667 bits per heavy atom. The van der Waals surface area contributed by atoms with Crippen LogP contribution in [0.25, 0.3) is 23.3 Å². The maximum Gasteiger partial charge on any atom is -0.0178 e. The predicted molar refractivity (Wildman–Crippen MR) is 131 cm³/mol. The topological polar surface area (TPSA) is 0 Å². The molecule has 30 heavy (non-hydrogen) atoms. The summed E-state index contributed by atoms with van der Waals surface area (Å²) in [5.41, 5.74) is 7.13. The molecule has 0 heterocycles. The van der Waals surface area contributed by atoms with Crippen molar-refractivity contribution in [3.05, 3.63) is 156 Å². The van der Waals surface area contributed by atoms with Crippen molar-refractivity contribution < 1.29 is 0 Å². The van der Waals surface area contributed by atoms with E-state index in [1.54, 1.807) is 0 Å². The van der Waals surface area contributed by atoms with Gasteiger partial charge in [-0.2, -0.15) is 0 Å². The van der Waals surface area contributed by atoms with E-state index in [1.807, 2.05) is 12.1 Å². The van der Waals surface area contributed by atoms with E-state index in [4.69, 9.17) is 0 Å². The molecule has 0 fully saturated rings. The highest BCUT2D eigenvalue weighted by Gasteiger charge is 2.02. The van der Waals surface area contributed by atoms with Crippen molar-refractivity contribution >= 4 is 23.3 Å². The van der Waals surface area contributed by atoms with Crippen molar-refractivity contribution in [3.8, 4) is 0 Å². The summed E-state index contributed by atoms with van der Waals surface area (Å²) >= 11 is 0. The van der Waals surface area contributed by atoms with Crippen LogP contribution in [-0.2, 0) is 0 Å². The van der Waals surface area contributed by atoms with Crippen LogP contribution >= 0.6 is 0 Å². The molecule has 144 valence electrons. The van der Waals surface area contributed by atoms with E-state index in [1.165, 1.54) is 33.4 Å². The standard InChI is InChI=1S/C30H24/c1-5-13-25(14-6-1)23-29(27-17-9-3-10-18-27)21-22-30(28-19-11-4-12-20-28)24-26-15-7-2-8-16-26/h1-24H/b22-21+,29-23+,30-24+. The first-order chi connectivity index (χ1) is 14.9. The molecule has 0 N–H and O–H groups in total. The minimum absolute atomic E-state index is 1.18. The van der Waals surface area contributed by atoms with Crippen molar-refractivity contribution in [2.45, 2.75) is 0 Å². The lowest BCUT2D eigenvalue weighted by atomic mass is 9.98. The normalized spacial score (nSPS) is 12.3. The first-order valence-corrected chi connectivity index (χ1v) is 10.2. The lowest BCUT2D eigenvalue weighted by Crippen LogP contribution is -1.84. The van der Waals surface area contributed by atoms with Crippen LogP contribution in [-0.4, -0.2) is 0 Å². The quantitative estimate of drug-likeness (QED) is 0.233. The van der Waals surface area contributed by atoms with Gasteiger partial charge in [0.25, 0.3) is 0 Å². The molecule has 4 rings (SSSR count). The second-order valence-corrected chi connectivity index (χ2v) is 7.09. The third-order valence-corrected chi connectivity index (χ3v) is 4.90. The summed E-state index contributed by atoms with van der Waals surface area (Å²) in [4.78, 5) is 0. The van der Waals surface area contributed by atoms with Gasteiger partial charge in [0.05, 0.1) is 0 Å². The molecule has 0 atom stereocenters. The predicted octanol–water partition coefficient (Wildman–Crippen LogP) is 8.02. The zero-order valence-corrected chi connectivity index (χ0v) is 16.9. The number of hydrogen-bond acceptors (Lipinski definition) is 0. The van der Waals surface area contributed by atoms with Gasteiger partial charge in [0, 0.05) is 0 Å². The number of benzene rings is 4. The fourth-order valence-electron chi connectivity index (χ4n) is 3.35. The Bertz CT molecular complexity index is 1040. The van der Waals surface area contributed by atoms with Crippen LogP contribution in [0.4, 0.5) is 0 Å². The van der Waals surface area contributed by atoms with Crippen LogP contribution in [0.1, 0.15) is 22.3 Å². The highest BCUT2D eigenvalue weighted by atomic mass is 14.1. The van der Waals surface area contributed by atoms with Crippen LogP contribution in [0.15, 0.2) is 133 Å². The Morgan fingerprint density at radius 3 is 1.00 bits per heavy atom. The molecule has 0 radical (unpaired) electrons. The smallest absolute Gasteiger partial charge is 0.0178 e. The third-order valence-electron chi connectivity index (χ3n) is 4.90. The van der Waals surface area contributed by atoms with E-state index in [2.05, 4.69) is 133 Å². The minimum atomic E-state index is 1.18. The SMILES string of the molecule is C(=C\C(=C/c1ccccc1)c1ccccc1)/C(=C\c1ccccc1)c1ccccc1. The zero-order chi connectivity index (χ0) is 20.4. The first-order valence-electron chi connectivity index (χ1n) is 10.2. The Hall–Kier alpha value is -3.90. The molecule has 0 unspecified atom stereocenters. The van der Waals surface area contributed by atoms with Gasteiger partial charge < -0.3 is 0 Å². The van der Waals surface area contributed by atoms with E-state index in [0.717, 1.165) is 0 Å². The van der Waals surface area contributed by atoms with Crippen LogP contribution in [0.3, 0.4) is 0 Å². The summed E-state index contributed by atoms with van der Waals surface area (Å²) in [5.74, 6) is 0. The van der Waals surface area contributed by atoms with Crippen LogP contribution < -0.4 is 0 Å². The Morgan fingerprint density at radius 1 is 0.367 bits per heavy atom. The monoisotopic (exact) mass is 384 g/mol. The van der Waals surface area contributed by atoms with E-state index in [0.29, 0.717) is 0 Å². The van der Waals surface area contributed by atoms with Gasteiger partial charge >= 0.3 is 0 Å². The maximum absolute atomic E-state index is 2.23. The van der Waals surface area contributed by atoms with Crippen LogP contribution in [0.2, 0.25) is 0 Å². The first kappa shape index (κ1) is 19.4. The van der Waals surface area contributed by atoms with Crippen molar-refractivity contribution in [2.75, 3.05) is 0 Å². The van der Waals surface area contributed by atoms with Gasteiger partial charge in [-0.1, -0.05) is 133 Å². The van der Waals surface area contributed by atoms with E-state index < -0.39 is 0 Å². The highest BCUT2D eigenvalue weighted by Crippen LogP contribution is 2.24. The molecule has 0 spiro atoms. The zero-order valence-electron chi connectivity index (χ0n) is 16.9. The summed E-state index contributed by atoms with van der Waals surface area (Å²) in [7, 11) is 0. The molecule has 0 saturated heterocycles. The van der Waals surface area contributed by atoms with E-state index >= 15 is 0 Å². The molecule has 0 heteroatoms. The van der Waals surface area contributed by atoms with Gasteiger partial charge in [-0.3, -0.25) is 0 Å².